The molecule has 2 heterocycles. The fourth-order valence-corrected chi connectivity index (χ4v) is 5.15. The summed E-state index contributed by atoms with van der Waals surface area (Å²) >= 11 is 0. The van der Waals surface area contributed by atoms with Gasteiger partial charge in [-0.1, -0.05) is 6.07 Å². The van der Waals surface area contributed by atoms with Crippen LogP contribution in [0.4, 0.5) is 5.69 Å². The van der Waals surface area contributed by atoms with Crippen LogP contribution in [0.2, 0.25) is 0 Å². The zero-order chi connectivity index (χ0) is 23.3. The van der Waals surface area contributed by atoms with Gasteiger partial charge in [-0.05, 0) is 60.5 Å². The second kappa shape index (κ2) is 9.96. The van der Waals surface area contributed by atoms with E-state index in [4.69, 9.17) is 9.47 Å². The van der Waals surface area contributed by atoms with E-state index in [0.717, 1.165) is 12.8 Å². The molecule has 0 atom stereocenters. The lowest BCUT2D eigenvalue weighted by Gasteiger charge is -2.19. The molecule has 1 aromatic heterocycles. The van der Waals surface area contributed by atoms with Crippen molar-refractivity contribution in [3.8, 4) is 17.2 Å². The van der Waals surface area contributed by atoms with Gasteiger partial charge >= 0.3 is 0 Å². The largest absolute Gasteiger partial charge is 0.492 e. The van der Waals surface area contributed by atoms with Crippen molar-refractivity contribution in [1.29, 1.82) is 0 Å². The van der Waals surface area contributed by atoms with Crippen LogP contribution in [0, 0.1) is 0 Å². The van der Waals surface area contributed by atoms with Gasteiger partial charge in [0.1, 0.15) is 22.7 Å². The Morgan fingerprint density at radius 1 is 1.12 bits per heavy atom. The topological polar surface area (TPSA) is 129 Å². The Hall–Kier alpha value is -3.51. The molecule has 174 valence electrons. The van der Waals surface area contributed by atoms with E-state index in [-0.39, 0.29) is 17.3 Å². The number of ether oxygens (including phenoxy) is 2. The Balaban J connectivity index is 1.45. The maximum atomic E-state index is 13.1. The highest BCUT2D eigenvalue weighted by Gasteiger charge is 2.30. The van der Waals surface area contributed by atoms with Crippen LogP contribution in [-0.2, 0) is 14.8 Å². The average molecular weight is 473 g/mol. The highest BCUT2D eigenvalue weighted by Crippen LogP contribution is 2.31. The summed E-state index contributed by atoms with van der Waals surface area (Å²) in [6, 6.07) is 11.5. The molecule has 1 N–H and O–H groups in total. The van der Waals surface area contributed by atoms with E-state index in [0.29, 0.717) is 36.8 Å². The molecular weight excluding hydrogens is 448 g/mol. The summed E-state index contributed by atoms with van der Waals surface area (Å²) in [6.07, 6.45) is 3.10. The minimum Gasteiger partial charge on any atom is -0.492 e. The van der Waals surface area contributed by atoms with E-state index < -0.39 is 15.9 Å². The van der Waals surface area contributed by atoms with E-state index in [1.165, 1.54) is 21.4 Å². The number of tetrazole rings is 1. The molecule has 2 aromatic carbocycles. The van der Waals surface area contributed by atoms with Gasteiger partial charge in [0.25, 0.3) is 5.91 Å². The second-order valence-corrected chi connectivity index (χ2v) is 9.20. The molecule has 1 saturated heterocycles. The van der Waals surface area contributed by atoms with E-state index in [1.54, 1.807) is 43.3 Å². The number of sulfonamides is 1. The van der Waals surface area contributed by atoms with Gasteiger partial charge in [-0.3, -0.25) is 4.79 Å². The number of amides is 1. The van der Waals surface area contributed by atoms with Crippen molar-refractivity contribution < 1.29 is 22.7 Å². The number of nitrogens with zero attached hydrogens (tertiary/aromatic N) is 5. The third kappa shape index (κ3) is 5.29. The van der Waals surface area contributed by atoms with E-state index in [1.807, 2.05) is 0 Å². The number of carbonyl (C=O) groups excluding carboxylic acids is 1. The Labute approximate surface area is 191 Å². The summed E-state index contributed by atoms with van der Waals surface area (Å²) in [5.74, 6) is 0.289. The zero-order valence-corrected chi connectivity index (χ0v) is 18.9. The van der Waals surface area contributed by atoms with Crippen LogP contribution in [0.25, 0.3) is 5.69 Å². The Bertz CT molecular complexity index is 1210. The van der Waals surface area contributed by atoms with Gasteiger partial charge in [-0.2, -0.15) is 4.31 Å². The van der Waals surface area contributed by atoms with Crippen LogP contribution in [0.3, 0.4) is 0 Å². The first-order valence-corrected chi connectivity index (χ1v) is 11.9. The molecule has 4 rings (SSSR count). The molecule has 1 fully saturated rings. The lowest BCUT2D eigenvalue weighted by molar-refractivity contribution is -0.118. The number of nitrogens with one attached hydrogen (secondary N) is 1. The van der Waals surface area contributed by atoms with Crippen molar-refractivity contribution in [3.63, 3.8) is 0 Å². The Morgan fingerprint density at radius 2 is 1.94 bits per heavy atom. The SMILES string of the molecule is CCOc1ccc(NC(=O)COc2cccc(-n3cnnn3)c2)cc1S(=O)(=O)N1CCCC1. The summed E-state index contributed by atoms with van der Waals surface area (Å²) in [7, 11) is -3.72. The maximum Gasteiger partial charge on any atom is 0.262 e. The van der Waals surface area contributed by atoms with Gasteiger partial charge in [-0.15, -0.1) is 5.10 Å². The van der Waals surface area contributed by atoms with E-state index in [2.05, 4.69) is 20.8 Å². The lowest BCUT2D eigenvalue weighted by Crippen LogP contribution is -2.28. The smallest absolute Gasteiger partial charge is 0.262 e. The van der Waals surface area contributed by atoms with Crippen LogP contribution < -0.4 is 14.8 Å². The third-order valence-electron chi connectivity index (χ3n) is 5.01. The van der Waals surface area contributed by atoms with Crippen molar-refractivity contribution in [2.24, 2.45) is 0 Å². The molecule has 0 radical (unpaired) electrons. The molecule has 1 aliphatic rings. The molecule has 33 heavy (non-hydrogen) atoms. The van der Waals surface area contributed by atoms with Crippen molar-refractivity contribution in [3.05, 3.63) is 48.8 Å². The zero-order valence-electron chi connectivity index (χ0n) is 18.0. The fourth-order valence-electron chi connectivity index (χ4n) is 3.47. The first-order valence-electron chi connectivity index (χ1n) is 10.5. The van der Waals surface area contributed by atoms with Gasteiger partial charge in [0, 0.05) is 24.8 Å². The highest BCUT2D eigenvalue weighted by molar-refractivity contribution is 7.89. The van der Waals surface area contributed by atoms with Crippen molar-refractivity contribution >= 4 is 21.6 Å². The van der Waals surface area contributed by atoms with E-state index >= 15 is 0 Å². The molecule has 0 saturated carbocycles. The molecule has 11 nitrogen and oxygen atoms in total. The summed E-state index contributed by atoms with van der Waals surface area (Å²) in [5, 5.41) is 13.7. The summed E-state index contributed by atoms with van der Waals surface area (Å²) < 4.78 is 40.2. The van der Waals surface area contributed by atoms with E-state index in [9.17, 15) is 13.2 Å². The van der Waals surface area contributed by atoms with Crippen LogP contribution in [0.5, 0.6) is 11.5 Å². The highest BCUT2D eigenvalue weighted by atomic mass is 32.2. The van der Waals surface area contributed by atoms with Gasteiger partial charge in [0.05, 0.1) is 12.3 Å². The van der Waals surface area contributed by atoms with Gasteiger partial charge in [0.15, 0.2) is 6.61 Å². The van der Waals surface area contributed by atoms with Crippen molar-refractivity contribution in [1.82, 2.24) is 24.5 Å². The number of rotatable bonds is 9. The molecule has 1 amide bonds. The molecular formula is C21H24N6O5S. The van der Waals surface area contributed by atoms with Gasteiger partial charge < -0.3 is 14.8 Å². The van der Waals surface area contributed by atoms with Crippen molar-refractivity contribution in [2.75, 3.05) is 31.6 Å². The quantitative estimate of drug-likeness (QED) is 0.500. The normalized spacial score (nSPS) is 14.2. The predicted molar refractivity (Wildman–Crippen MR) is 119 cm³/mol. The molecule has 0 aliphatic carbocycles. The monoisotopic (exact) mass is 472 g/mol. The molecule has 12 heteroatoms. The molecule has 0 bridgehead atoms. The molecule has 0 spiro atoms. The van der Waals surface area contributed by atoms with Crippen LogP contribution in [0.1, 0.15) is 19.8 Å². The first kappa shape index (κ1) is 22.7. The summed E-state index contributed by atoms with van der Waals surface area (Å²) in [5.41, 5.74) is 1.02. The van der Waals surface area contributed by atoms with Crippen LogP contribution in [-0.4, -0.2) is 65.1 Å². The Morgan fingerprint density at radius 3 is 2.67 bits per heavy atom. The number of benzene rings is 2. The molecule has 3 aromatic rings. The number of hydrogen-bond donors (Lipinski definition) is 1. The number of carbonyl (C=O) groups is 1. The predicted octanol–water partition coefficient (Wildman–Crippen LogP) is 1.86. The number of hydrogen-bond acceptors (Lipinski definition) is 8. The fraction of sp³-hybridized carbons (Fsp3) is 0.333. The van der Waals surface area contributed by atoms with Crippen LogP contribution in [0.15, 0.2) is 53.7 Å². The standard InChI is InChI=1S/C21H24N6O5S/c1-2-31-19-9-8-16(12-20(19)33(29,30)26-10-3-4-11-26)23-21(28)14-32-18-7-5-6-17(13-18)27-15-22-24-25-27/h5-9,12-13,15H,2-4,10-11,14H2,1H3,(H,23,28). The van der Waals surface area contributed by atoms with Crippen LogP contribution >= 0.6 is 0 Å². The second-order valence-electron chi connectivity index (χ2n) is 7.29. The maximum absolute atomic E-state index is 13.1. The minimum atomic E-state index is -3.72. The molecule has 0 unspecified atom stereocenters. The minimum absolute atomic E-state index is 0.0408. The third-order valence-corrected chi connectivity index (χ3v) is 6.93. The number of aromatic nitrogens is 4. The Kier molecular flexibility index (Phi) is 6.84. The van der Waals surface area contributed by atoms with Crippen molar-refractivity contribution in [2.45, 2.75) is 24.7 Å². The average Bonchev–Trinajstić information content (AvgIpc) is 3.54. The van der Waals surface area contributed by atoms with Gasteiger partial charge in [0.2, 0.25) is 10.0 Å². The molecule has 1 aliphatic heterocycles. The first-order chi connectivity index (χ1) is 16.0. The summed E-state index contributed by atoms with van der Waals surface area (Å²) in [6.45, 7) is 2.80. The van der Waals surface area contributed by atoms with Gasteiger partial charge in [-0.25, -0.2) is 13.1 Å². The lowest BCUT2D eigenvalue weighted by atomic mass is 10.3. The summed E-state index contributed by atoms with van der Waals surface area (Å²) in [4.78, 5) is 12.5. The number of anilines is 1.